The predicted octanol–water partition coefficient (Wildman–Crippen LogP) is 6.93. The van der Waals surface area contributed by atoms with E-state index in [-0.39, 0.29) is 24.7 Å². The molecule has 5 rings (SSSR count). The summed E-state index contributed by atoms with van der Waals surface area (Å²) in [6, 6.07) is 20.1. The second-order valence-corrected chi connectivity index (χ2v) is 12.2. The van der Waals surface area contributed by atoms with Crippen LogP contribution in [0.3, 0.4) is 0 Å². The monoisotopic (exact) mass is 588 g/mol. The number of rotatable bonds is 12. The topological polar surface area (TPSA) is 106 Å². The normalized spacial score (nSPS) is 11.5. The van der Waals surface area contributed by atoms with Crippen LogP contribution in [-0.2, 0) is 29.3 Å². The van der Waals surface area contributed by atoms with Crippen molar-refractivity contribution in [3.8, 4) is 16.9 Å². The number of hydrogen-bond donors (Lipinski definition) is 2. The Morgan fingerprint density at radius 1 is 0.976 bits per heavy atom. The molecule has 0 fully saturated rings. The quantitative estimate of drug-likeness (QED) is 0.162. The second-order valence-electron chi connectivity index (χ2n) is 9.97. The summed E-state index contributed by atoms with van der Waals surface area (Å²) in [5.41, 5.74) is 4.98. The Bertz CT molecular complexity index is 1810. The van der Waals surface area contributed by atoms with Crippen LogP contribution in [-0.4, -0.2) is 36.9 Å². The van der Waals surface area contributed by atoms with Crippen molar-refractivity contribution in [1.29, 1.82) is 0 Å². The van der Waals surface area contributed by atoms with Crippen molar-refractivity contribution in [2.24, 2.45) is 0 Å². The number of ether oxygens (including phenoxy) is 1. The Kier molecular flexibility index (Phi) is 8.72. The number of benzene rings is 3. The first-order chi connectivity index (χ1) is 20.3. The zero-order valence-electron chi connectivity index (χ0n) is 23.8. The Hall–Kier alpha value is -4.44. The molecule has 0 saturated carbocycles. The molecule has 8 nitrogen and oxygen atoms in total. The fourth-order valence-electron chi connectivity index (χ4n) is 4.83. The van der Waals surface area contributed by atoms with Crippen LogP contribution < -0.4 is 15.4 Å². The number of aromatic nitrogens is 2. The molecule has 10 heteroatoms. The molecule has 0 radical (unpaired) electrons. The number of anilines is 3. The van der Waals surface area contributed by atoms with Crippen molar-refractivity contribution in [2.45, 2.75) is 33.3 Å². The molecule has 218 valence electrons. The fourth-order valence-corrected chi connectivity index (χ4v) is 5.30. The van der Waals surface area contributed by atoms with E-state index >= 15 is 0 Å². The average molecular weight is 589 g/mol. The molecule has 0 unspecified atom stereocenters. The van der Waals surface area contributed by atoms with Gasteiger partial charge in [0.15, 0.2) is 11.6 Å². The van der Waals surface area contributed by atoms with Gasteiger partial charge < -0.3 is 19.8 Å². The van der Waals surface area contributed by atoms with Crippen LogP contribution in [0.25, 0.3) is 22.0 Å². The molecule has 0 bridgehead atoms. The molecule has 0 spiro atoms. The summed E-state index contributed by atoms with van der Waals surface area (Å²) in [5, 5.41) is 7.15. The first kappa shape index (κ1) is 29.1. The molecule has 42 heavy (non-hydrogen) atoms. The molecule has 0 aliphatic heterocycles. The van der Waals surface area contributed by atoms with Crippen molar-refractivity contribution >= 4 is 38.1 Å². The lowest BCUT2D eigenvalue weighted by molar-refractivity contribution is 0.290. The second kappa shape index (κ2) is 12.6. The average Bonchev–Trinajstić information content (AvgIpc) is 3.34. The minimum atomic E-state index is -3.14. The van der Waals surface area contributed by atoms with Crippen LogP contribution in [0.2, 0.25) is 0 Å². The molecule has 0 saturated heterocycles. The van der Waals surface area contributed by atoms with Crippen molar-refractivity contribution in [3.63, 3.8) is 0 Å². The highest BCUT2D eigenvalue weighted by Crippen LogP contribution is 2.39. The first-order valence-electron chi connectivity index (χ1n) is 13.8. The molecule has 0 aliphatic carbocycles. The van der Waals surface area contributed by atoms with E-state index in [2.05, 4.69) is 27.5 Å². The van der Waals surface area contributed by atoms with Gasteiger partial charge in [-0.15, -0.1) is 0 Å². The number of nitrogens with one attached hydrogen (secondary N) is 2. The van der Waals surface area contributed by atoms with Gasteiger partial charge in [0, 0.05) is 47.5 Å². The van der Waals surface area contributed by atoms with Crippen LogP contribution in [0.4, 0.5) is 21.8 Å². The maximum atomic E-state index is 14.9. The summed E-state index contributed by atoms with van der Waals surface area (Å²) < 4.78 is 50.2. The minimum Gasteiger partial charge on any atom is -0.486 e. The molecule has 2 heterocycles. The zero-order chi connectivity index (χ0) is 29.7. The van der Waals surface area contributed by atoms with Gasteiger partial charge in [0.25, 0.3) is 0 Å². The Labute approximate surface area is 244 Å². The number of sulfone groups is 1. The van der Waals surface area contributed by atoms with Gasteiger partial charge in [-0.05, 0) is 41.8 Å². The van der Waals surface area contributed by atoms with Gasteiger partial charge in [0.2, 0.25) is 5.88 Å². The van der Waals surface area contributed by atoms with Gasteiger partial charge in [0.1, 0.15) is 34.3 Å². The van der Waals surface area contributed by atoms with Gasteiger partial charge in [-0.25, -0.2) is 22.8 Å². The largest absolute Gasteiger partial charge is 0.486 e. The smallest absolute Gasteiger partial charge is 0.201 e. The van der Waals surface area contributed by atoms with E-state index in [1.165, 1.54) is 18.6 Å². The molecule has 0 amide bonds. The number of fused-ring (bicyclic) bond motifs is 1. The lowest BCUT2D eigenvalue weighted by Gasteiger charge is -2.13. The summed E-state index contributed by atoms with van der Waals surface area (Å²) in [7, 11) is -3.14. The van der Waals surface area contributed by atoms with Gasteiger partial charge in [-0.3, -0.25) is 0 Å². The van der Waals surface area contributed by atoms with E-state index < -0.39 is 15.7 Å². The molecular formula is C32H33FN4O4S. The number of nitrogens with zero attached hydrogens (tertiary/aromatic N) is 2. The standard InChI is InChI=1S/C32H33FN4O4S/c1-4-24-28(5-2)41-32(34-15-16-42(3,38)39)30(24)22-11-13-27-25(17-22)31(36-20-35-27)37-23-12-14-29(26(33)18-23)40-19-21-9-7-6-8-10-21/h6-14,17-18,20,34H,4-5,15-16,19H2,1-3H3,(H,35,36,37). The summed E-state index contributed by atoms with van der Waals surface area (Å²) in [5.74, 6) is 1.56. The summed E-state index contributed by atoms with van der Waals surface area (Å²) >= 11 is 0. The highest BCUT2D eigenvalue weighted by atomic mass is 32.2. The lowest BCUT2D eigenvalue weighted by Crippen LogP contribution is -2.14. The van der Waals surface area contributed by atoms with E-state index in [4.69, 9.17) is 9.15 Å². The molecule has 2 N–H and O–H groups in total. The summed E-state index contributed by atoms with van der Waals surface area (Å²) in [6.45, 7) is 4.58. The van der Waals surface area contributed by atoms with Crippen LogP contribution in [0.5, 0.6) is 5.75 Å². The van der Waals surface area contributed by atoms with Crippen LogP contribution in [0.1, 0.15) is 30.7 Å². The third kappa shape index (κ3) is 6.71. The molecule has 3 aromatic carbocycles. The molecule has 0 aliphatic rings. The van der Waals surface area contributed by atoms with E-state index in [0.29, 0.717) is 29.3 Å². The molecule has 5 aromatic rings. The highest BCUT2D eigenvalue weighted by Gasteiger charge is 2.21. The molecular weight excluding hydrogens is 555 g/mol. The van der Waals surface area contributed by atoms with Gasteiger partial charge >= 0.3 is 0 Å². The van der Waals surface area contributed by atoms with Gasteiger partial charge in [-0.1, -0.05) is 50.2 Å². The highest BCUT2D eigenvalue weighted by molar-refractivity contribution is 7.90. The Morgan fingerprint density at radius 2 is 1.79 bits per heavy atom. The minimum absolute atomic E-state index is 0.0116. The SMILES string of the molecule is CCc1oc(NCCS(C)(=O)=O)c(-c2ccc3ncnc(Nc4ccc(OCc5ccccc5)c(F)c4)c3c2)c1CC. The summed E-state index contributed by atoms with van der Waals surface area (Å²) in [6.07, 6.45) is 4.11. The van der Waals surface area contributed by atoms with Gasteiger partial charge in [-0.2, -0.15) is 0 Å². The summed E-state index contributed by atoms with van der Waals surface area (Å²) in [4.78, 5) is 8.86. The zero-order valence-corrected chi connectivity index (χ0v) is 24.6. The lowest BCUT2D eigenvalue weighted by atomic mass is 9.98. The van der Waals surface area contributed by atoms with E-state index in [9.17, 15) is 12.8 Å². The van der Waals surface area contributed by atoms with Crippen LogP contribution in [0.15, 0.2) is 77.5 Å². The number of hydrogen-bond acceptors (Lipinski definition) is 8. The van der Waals surface area contributed by atoms with Crippen molar-refractivity contribution in [2.75, 3.05) is 29.2 Å². The first-order valence-corrected chi connectivity index (χ1v) is 15.9. The number of halogens is 1. The van der Waals surface area contributed by atoms with Crippen molar-refractivity contribution in [1.82, 2.24) is 9.97 Å². The molecule has 0 atom stereocenters. The maximum Gasteiger partial charge on any atom is 0.201 e. The van der Waals surface area contributed by atoms with Crippen molar-refractivity contribution < 1.29 is 22.0 Å². The van der Waals surface area contributed by atoms with E-state index in [1.54, 1.807) is 12.1 Å². The number of furan rings is 1. The van der Waals surface area contributed by atoms with Crippen LogP contribution >= 0.6 is 0 Å². The van der Waals surface area contributed by atoms with Gasteiger partial charge in [0.05, 0.1) is 11.3 Å². The Balaban J connectivity index is 1.44. The maximum absolute atomic E-state index is 14.9. The third-order valence-electron chi connectivity index (χ3n) is 6.88. The van der Waals surface area contributed by atoms with E-state index in [0.717, 1.165) is 39.8 Å². The van der Waals surface area contributed by atoms with E-state index in [1.807, 2.05) is 55.5 Å². The fraction of sp³-hybridized carbons (Fsp3) is 0.250. The predicted molar refractivity (Wildman–Crippen MR) is 165 cm³/mol. The van der Waals surface area contributed by atoms with Crippen LogP contribution in [0, 0.1) is 5.82 Å². The third-order valence-corrected chi connectivity index (χ3v) is 7.83. The molecule has 2 aromatic heterocycles. The Morgan fingerprint density at radius 3 is 2.50 bits per heavy atom. The van der Waals surface area contributed by atoms with Crippen molar-refractivity contribution in [3.05, 3.63) is 95.8 Å². The number of aryl methyl sites for hydroxylation is 1.